The molecule has 0 radical (unpaired) electrons. The standard InChI is InChI=1S/C17H28N4OS.HI/c1-3-18-17(19-11-14(2)15-7-10-23-13-15)20-12-16(22)21-8-5-4-6-9-21;/h7,10,13-14H,3-6,8-9,11-12H2,1-2H3,(H2,18,19,20);1H. The maximum Gasteiger partial charge on any atom is 0.244 e. The quantitative estimate of drug-likeness (QED) is 0.387. The molecule has 2 heterocycles. The van der Waals surface area contributed by atoms with Gasteiger partial charge in [-0.15, -0.1) is 24.0 Å². The van der Waals surface area contributed by atoms with E-state index in [-0.39, 0.29) is 36.4 Å². The summed E-state index contributed by atoms with van der Waals surface area (Å²) in [5.41, 5.74) is 1.34. The number of hydrogen-bond acceptors (Lipinski definition) is 3. The summed E-state index contributed by atoms with van der Waals surface area (Å²) >= 11 is 1.72. The Kier molecular flexibility index (Phi) is 10.3. The molecule has 1 aliphatic heterocycles. The van der Waals surface area contributed by atoms with Crippen LogP contribution in [-0.4, -0.2) is 49.5 Å². The van der Waals surface area contributed by atoms with Gasteiger partial charge in [0.1, 0.15) is 6.54 Å². The van der Waals surface area contributed by atoms with Crippen molar-refractivity contribution in [3.05, 3.63) is 22.4 Å². The summed E-state index contributed by atoms with van der Waals surface area (Å²) in [6, 6.07) is 2.15. The third kappa shape index (κ3) is 6.96. The molecule has 1 unspecified atom stereocenters. The first-order valence-electron chi connectivity index (χ1n) is 8.52. The molecule has 7 heteroatoms. The molecule has 24 heavy (non-hydrogen) atoms. The summed E-state index contributed by atoms with van der Waals surface area (Å²) in [4.78, 5) is 18.6. The first kappa shape index (κ1) is 21.2. The number of carbonyl (C=O) groups is 1. The third-order valence-corrected chi connectivity index (χ3v) is 4.81. The van der Waals surface area contributed by atoms with E-state index >= 15 is 0 Å². The number of carbonyl (C=O) groups excluding carboxylic acids is 1. The number of hydrogen-bond donors (Lipinski definition) is 2. The molecule has 1 aromatic heterocycles. The minimum absolute atomic E-state index is 0. The highest BCUT2D eigenvalue weighted by Gasteiger charge is 2.16. The van der Waals surface area contributed by atoms with Crippen molar-refractivity contribution in [3.63, 3.8) is 0 Å². The molecule has 0 spiro atoms. The van der Waals surface area contributed by atoms with Crippen molar-refractivity contribution in [3.8, 4) is 0 Å². The summed E-state index contributed by atoms with van der Waals surface area (Å²) < 4.78 is 0. The number of rotatable bonds is 6. The molecule has 1 aromatic rings. The highest BCUT2D eigenvalue weighted by Crippen LogP contribution is 2.17. The Balaban J connectivity index is 0.00000288. The van der Waals surface area contributed by atoms with Crippen LogP contribution in [0.4, 0.5) is 0 Å². The Labute approximate surface area is 166 Å². The van der Waals surface area contributed by atoms with E-state index in [4.69, 9.17) is 0 Å². The van der Waals surface area contributed by atoms with Gasteiger partial charge in [0, 0.05) is 26.2 Å². The van der Waals surface area contributed by atoms with Gasteiger partial charge in [0.15, 0.2) is 5.96 Å². The fourth-order valence-corrected chi connectivity index (χ4v) is 3.44. The number of nitrogens with one attached hydrogen (secondary N) is 2. The van der Waals surface area contributed by atoms with E-state index in [2.05, 4.69) is 39.4 Å². The lowest BCUT2D eigenvalue weighted by Crippen LogP contribution is -2.41. The second kappa shape index (κ2) is 11.7. The van der Waals surface area contributed by atoms with Crippen LogP contribution < -0.4 is 10.6 Å². The lowest BCUT2D eigenvalue weighted by atomic mass is 10.1. The van der Waals surface area contributed by atoms with E-state index in [0.717, 1.165) is 45.0 Å². The van der Waals surface area contributed by atoms with Gasteiger partial charge < -0.3 is 15.5 Å². The summed E-state index contributed by atoms with van der Waals surface area (Å²) in [5.74, 6) is 1.27. The number of guanidine groups is 1. The van der Waals surface area contributed by atoms with Crippen LogP contribution >= 0.6 is 35.3 Å². The first-order chi connectivity index (χ1) is 11.2. The molecule has 0 aromatic carbocycles. The van der Waals surface area contributed by atoms with Gasteiger partial charge in [0.05, 0.1) is 0 Å². The zero-order valence-electron chi connectivity index (χ0n) is 14.6. The van der Waals surface area contributed by atoms with Crippen LogP contribution in [0.3, 0.4) is 0 Å². The normalized spacial score (nSPS) is 16.2. The van der Waals surface area contributed by atoms with Crippen molar-refractivity contribution < 1.29 is 4.79 Å². The van der Waals surface area contributed by atoms with E-state index in [9.17, 15) is 4.79 Å². The number of likely N-dealkylation sites (tertiary alicyclic amines) is 1. The third-order valence-electron chi connectivity index (χ3n) is 4.11. The van der Waals surface area contributed by atoms with Crippen molar-refractivity contribution in [1.82, 2.24) is 15.5 Å². The summed E-state index contributed by atoms with van der Waals surface area (Å²) in [5, 5.41) is 10.8. The van der Waals surface area contributed by atoms with Crippen LogP contribution in [-0.2, 0) is 4.79 Å². The second-order valence-electron chi connectivity index (χ2n) is 5.98. The fourth-order valence-electron chi connectivity index (χ4n) is 2.65. The minimum Gasteiger partial charge on any atom is -0.357 e. The van der Waals surface area contributed by atoms with Gasteiger partial charge >= 0.3 is 0 Å². The van der Waals surface area contributed by atoms with E-state index in [1.54, 1.807) is 11.3 Å². The molecular weight excluding hydrogens is 435 g/mol. The average Bonchev–Trinajstić information content (AvgIpc) is 3.12. The first-order valence-corrected chi connectivity index (χ1v) is 9.47. The molecule has 1 aliphatic rings. The van der Waals surface area contributed by atoms with Crippen molar-refractivity contribution in [2.45, 2.75) is 39.0 Å². The molecule has 1 saturated heterocycles. The number of aliphatic imine (C=N–C) groups is 1. The number of nitrogens with zero attached hydrogens (tertiary/aromatic N) is 2. The number of halogens is 1. The zero-order chi connectivity index (χ0) is 16.5. The maximum absolute atomic E-state index is 12.2. The number of thiophene rings is 1. The smallest absolute Gasteiger partial charge is 0.244 e. The highest BCUT2D eigenvalue weighted by atomic mass is 127. The topological polar surface area (TPSA) is 56.7 Å². The summed E-state index contributed by atoms with van der Waals surface area (Å²) in [7, 11) is 0. The maximum atomic E-state index is 12.2. The lowest BCUT2D eigenvalue weighted by Gasteiger charge is -2.26. The van der Waals surface area contributed by atoms with Crippen LogP contribution in [0.2, 0.25) is 0 Å². The van der Waals surface area contributed by atoms with E-state index in [1.807, 2.05) is 11.8 Å². The van der Waals surface area contributed by atoms with Crippen LogP contribution in [0, 0.1) is 0 Å². The zero-order valence-corrected chi connectivity index (χ0v) is 17.7. The Morgan fingerprint density at radius 1 is 1.33 bits per heavy atom. The fraction of sp³-hybridized carbons (Fsp3) is 0.647. The molecular formula is C17H29IN4OS. The lowest BCUT2D eigenvalue weighted by molar-refractivity contribution is -0.130. The molecule has 0 bridgehead atoms. The monoisotopic (exact) mass is 464 g/mol. The van der Waals surface area contributed by atoms with Gasteiger partial charge in [-0.25, -0.2) is 4.99 Å². The van der Waals surface area contributed by atoms with E-state index < -0.39 is 0 Å². The Morgan fingerprint density at radius 3 is 2.71 bits per heavy atom. The van der Waals surface area contributed by atoms with Crippen molar-refractivity contribution in [1.29, 1.82) is 0 Å². The predicted octanol–water partition coefficient (Wildman–Crippen LogP) is 3.04. The van der Waals surface area contributed by atoms with Gasteiger partial charge in [-0.2, -0.15) is 11.3 Å². The molecule has 2 rings (SSSR count). The summed E-state index contributed by atoms with van der Waals surface area (Å²) in [6.07, 6.45) is 3.47. The van der Waals surface area contributed by atoms with Crippen LogP contribution in [0.5, 0.6) is 0 Å². The molecule has 136 valence electrons. The minimum atomic E-state index is 0. The molecule has 2 N–H and O–H groups in total. The SMILES string of the molecule is CCNC(=NCC(=O)N1CCCCC1)NCC(C)c1ccsc1.I. The molecule has 5 nitrogen and oxygen atoms in total. The number of piperidine rings is 1. The number of amides is 1. The van der Waals surface area contributed by atoms with E-state index in [1.165, 1.54) is 12.0 Å². The molecule has 0 saturated carbocycles. The van der Waals surface area contributed by atoms with Crippen molar-refractivity contribution in [2.24, 2.45) is 4.99 Å². The Hall–Kier alpha value is -0.830. The van der Waals surface area contributed by atoms with E-state index in [0.29, 0.717) is 5.92 Å². The van der Waals surface area contributed by atoms with Gasteiger partial charge in [0.2, 0.25) is 5.91 Å². The van der Waals surface area contributed by atoms with Crippen molar-refractivity contribution in [2.75, 3.05) is 32.7 Å². The molecule has 1 fully saturated rings. The molecule has 1 atom stereocenters. The van der Waals surface area contributed by atoms with Crippen LogP contribution in [0.25, 0.3) is 0 Å². The van der Waals surface area contributed by atoms with Crippen LogP contribution in [0.1, 0.15) is 44.6 Å². The van der Waals surface area contributed by atoms with Gasteiger partial charge in [0.25, 0.3) is 0 Å². The van der Waals surface area contributed by atoms with Gasteiger partial charge in [-0.1, -0.05) is 6.92 Å². The summed E-state index contributed by atoms with van der Waals surface area (Å²) in [6.45, 7) is 7.81. The Morgan fingerprint density at radius 2 is 2.08 bits per heavy atom. The largest absolute Gasteiger partial charge is 0.357 e. The van der Waals surface area contributed by atoms with Gasteiger partial charge in [-0.05, 0) is 54.5 Å². The Bertz CT molecular complexity index is 501. The highest BCUT2D eigenvalue weighted by molar-refractivity contribution is 14.0. The van der Waals surface area contributed by atoms with Crippen molar-refractivity contribution >= 4 is 47.2 Å². The van der Waals surface area contributed by atoms with Gasteiger partial charge in [-0.3, -0.25) is 4.79 Å². The predicted molar refractivity (Wildman–Crippen MR) is 113 cm³/mol. The average molecular weight is 464 g/mol. The van der Waals surface area contributed by atoms with Crippen LogP contribution in [0.15, 0.2) is 21.8 Å². The molecule has 0 aliphatic carbocycles. The second-order valence-corrected chi connectivity index (χ2v) is 6.76. The molecule has 1 amide bonds.